The van der Waals surface area contributed by atoms with E-state index in [9.17, 15) is 4.79 Å². The molecule has 1 saturated heterocycles. The normalized spacial score (nSPS) is 22.9. The predicted octanol–water partition coefficient (Wildman–Crippen LogP) is 1.83. The number of aldehydes is 1. The van der Waals surface area contributed by atoms with Crippen LogP contribution in [0, 0.1) is 11.8 Å². The first-order chi connectivity index (χ1) is 9.09. The van der Waals surface area contributed by atoms with Gasteiger partial charge >= 0.3 is 0 Å². The van der Waals surface area contributed by atoms with Gasteiger partial charge in [0.25, 0.3) is 0 Å². The van der Waals surface area contributed by atoms with E-state index in [0.717, 1.165) is 6.29 Å². The van der Waals surface area contributed by atoms with Gasteiger partial charge in [-0.15, -0.1) is 0 Å². The highest BCUT2D eigenvalue weighted by Gasteiger charge is 2.45. The van der Waals surface area contributed by atoms with E-state index < -0.39 is 12.1 Å². The number of hydrogen-bond acceptors (Lipinski definition) is 6. The lowest BCUT2D eigenvalue weighted by atomic mass is 9.83. The predicted molar refractivity (Wildman–Crippen MR) is 67.4 cm³/mol. The van der Waals surface area contributed by atoms with Crippen molar-refractivity contribution in [2.24, 2.45) is 11.8 Å². The SMILES string of the molecule is CCOC(OO)C(C)C(CCC=O)C1(C)OCCO1. The van der Waals surface area contributed by atoms with Crippen LogP contribution in [0.15, 0.2) is 0 Å². The fourth-order valence-electron chi connectivity index (χ4n) is 2.63. The van der Waals surface area contributed by atoms with E-state index in [1.165, 1.54) is 0 Å². The van der Waals surface area contributed by atoms with Crippen molar-refractivity contribution in [3.63, 3.8) is 0 Å². The fourth-order valence-corrected chi connectivity index (χ4v) is 2.63. The molecule has 6 heteroatoms. The first kappa shape index (κ1) is 16.5. The molecule has 0 bridgehead atoms. The molecule has 1 fully saturated rings. The van der Waals surface area contributed by atoms with Gasteiger partial charge in [0.05, 0.1) is 13.2 Å². The van der Waals surface area contributed by atoms with Crippen LogP contribution in [0.5, 0.6) is 0 Å². The Balaban J connectivity index is 2.79. The van der Waals surface area contributed by atoms with Crippen LogP contribution in [-0.2, 0) is 23.9 Å². The summed E-state index contributed by atoms with van der Waals surface area (Å²) in [6, 6.07) is 0. The summed E-state index contributed by atoms with van der Waals surface area (Å²) in [7, 11) is 0. The molecule has 3 atom stereocenters. The minimum absolute atomic E-state index is 0.108. The molecule has 0 aliphatic carbocycles. The molecule has 1 N–H and O–H groups in total. The molecule has 112 valence electrons. The van der Waals surface area contributed by atoms with Crippen molar-refractivity contribution in [1.82, 2.24) is 0 Å². The van der Waals surface area contributed by atoms with Gasteiger partial charge in [-0.2, -0.15) is 0 Å². The summed E-state index contributed by atoms with van der Waals surface area (Å²) < 4.78 is 16.7. The number of ether oxygens (including phenoxy) is 3. The molecule has 0 spiro atoms. The Bertz CT molecular complexity index is 264. The largest absolute Gasteiger partial charge is 0.350 e. The highest BCUT2D eigenvalue weighted by molar-refractivity contribution is 5.49. The summed E-state index contributed by atoms with van der Waals surface area (Å²) in [5.41, 5.74) is 0. The van der Waals surface area contributed by atoms with E-state index in [1.54, 1.807) is 0 Å². The van der Waals surface area contributed by atoms with Crippen molar-refractivity contribution in [1.29, 1.82) is 0 Å². The topological polar surface area (TPSA) is 74.2 Å². The molecule has 0 amide bonds. The summed E-state index contributed by atoms with van der Waals surface area (Å²) >= 11 is 0. The Hall–Kier alpha value is -0.530. The molecule has 6 nitrogen and oxygen atoms in total. The molecular weight excluding hydrogens is 252 g/mol. The van der Waals surface area contributed by atoms with E-state index >= 15 is 0 Å². The van der Waals surface area contributed by atoms with Gasteiger partial charge in [-0.05, 0) is 20.3 Å². The Morgan fingerprint density at radius 1 is 1.42 bits per heavy atom. The van der Waals surface area contributed by atoms with Crippen LogP contribution in [0.1, 0.15) is 33.6 Å². The molecule has 19 heavy (non-hydrogen) atoms. The average molecular weight is 276 g/mol. The summed E-state index contributed by atoms with van der Waals surface area (Å²) in [5.74, 6) is -1.05. The molecule has 0 aromatic carbocycles. The lowest BCUT2D eigenvalue weighted by Gasteiger charge is -2.38. The third-order valence-corrected chi connectivity index (χ3v) is 3.63. The van der Waals surface area contributed by atoms with Crippen LogP contribution in [0.4, 0.5) is 0 Å². The lowest BCUT2D eigenvalue weighted by molar-refractivity contribution is -0.368. The smallest absolute Gasteiger partial charge is 0.193 e. The van der Waals surface area contributed by atoms with Crippen molar-refractivity contribution in [2.45, 2.75) is 45.7 Å². The van der Waals surface area contributed by atoms with E-state index in [0.29, 0.717) is 32.7 Å². The van der Waals surface area contributed by atoms with E-state index in [-0.39, 0.29) is 11.8 Å². The Labute approximate surface area is 113 Å². The number of rotatable bonds is 9. The van der Waals surface area contributed by atoms with Crippen molar-refractivity contribution < 1.29 is 29.1 Å². The quantitative estimate of drug-likeness (QED) is 0.300. The van der Waals surface area contributed by atoms with Gasteiger partial charge in [0.2, 0.25) is 0 Å². The van der Waals surface area contributed by atoms with Gasteiger partial charge in [0, 0.05) is 24.9 Å². The average Bonchev–Trinajstić information content (AvgIpc) is 2.83. The number of carbonyl (C=O) groups excluding carboxylic acids is 1. The lowest BCUT2D eigenvalue weighted by Crippen LogP contribution is -2.44. The fraction of sp³-hybridized carbons (Fsp3) is 0.923. The minimum Gasteiger partial charge on any atom is -0.350 e. The maximum absolute atomic E-state index is 10.6. The third-order valence-electron chi connectivity index (χ3n) is 3.63. The van der Waals surface area contributed by atoms with Gasteiger partial charge in [-0.25, -0.2) is 10.1 Å². The molecule has 0 aromatic heterocycles. The first-order valence-electron chi connectivity index (χ1n) is 6.72. The number of hydrogen-bond donors (Lipinski definition) is 1. The van der Waals surface area contributed by atoms with Crippen LogP contribution < -0.4 is 0 Å². The summed E-state index contributed by atoms with van der Waals surface area (Å²) in [6.07, 6.45) is 1.11. The van der Waals surface area contributed by atoms with Gasteiger partial charge in [0.15, 0.2) is 12.1 Å². The highest BCUT2D eigenvalue weighted by atomic mass is 17.1. The van der Waals surface area contributed by atoms with Gasteiger partial charge in [-0.3, -0.25) is 0 Å². The first-order valence-corrected chi connectivity index (χ1v) is 6.72. The molecule has 1 heterocycles. The molecule has 1 aliphatic rings. The van der Waals surface area contributed by atoms with Crippen molar-refractivity contribution >= 4 is 6.29 Å². The van der Waals surface area contributed by atoms with Crippen molar-refractivity contribution in [3.05, 3.63) is 0 Å². The summed E-state index contributed by atoms with van der Waals surface area (Å²) in [5, 5.41) is 8.95. The maximum atomic E-state index is 10.6. The third kappa shape index (κ3) is 4.22. The van der Waals surface area contributed by atoms with Gasteiger partial charge in [0.1, 0.15) is 6.29 Å². The van der Waals surface area contributed by atoms with Gasteiger partial charge < -0.3 is 19.0 Å². The second-order valence-corrected chi connectivity index (χ2v) is 4.85. The minimum atomic E-state index is -0.768. The molecule has 1 rings (SSSR count). The Kier molecular flexibility index (Phi) is 6.88. The maximum Gasteiger partial charge on any atom is 0.193 e. The zero-order valence-electron chi connectivity index (χ0n) is 11.8. The molecule has 1 aliphatic heterocycles. The summed E-state index contributed by atoms with van der Waals surface area (Å²) in [6.45, 7) is 7.05. The second kappa shape index (κ2) is 7.91. The molecule has 3 unspecified atom stereocenters. The molecular formula is C13H24O6. The van der Waals surface area contributed by atoms with E-state index in [1.807, 2.05) is 20.8 Å². The Morgan fingerprint density at radius 2 is 2.05 bits per heavy atom. The molecule has 0 saturated carbocycles. The van der Waals surface area contributed by atoms with E-state index in [4.69, 9.17) is 19.5 Å². The van der Waals surface area contributed by atoms with Crippen LogP contribution in [0.3, 0.4) is 0 Å². The van der Waals surface area contributed by atoms with Crippen molar-refractivity contribution in [3.8, 4) is 0 Å². The second-order valence-electron chi connectivity index (χ2n) is 4.85. The number of carbonyl (C=O) groups is 1. The van der Waals surface area contributed by atoms with Crippen LogP contribution in [-0.4, -0.2) is 43.4 Å². The van der Waals surface area contributed by atoms with Gasteiger partial charge in [-0.1, -0.05) is 6.92 Å². The molecule has 0 aromatic rings. The zero-order valence-corrected chi connectivity index (χ0v) is 11.8. The summed E-state index contributed by atoms with van der Waals surface area (Å²) in [4.78, 5) is 15.0. The standard InChI is InChI=1S/C13H24O6/c1-4-16-12(19-15)10(2)11(6-5-7-14)13(3)17-8-9-18-13/h7,10-12,15H,4-6,8-9H2,1-3H3. The Morgan fingerprint density at radius 3 is 2.53 bits per heavy atom. The monoisotopic (exact) mass is 276 g/mol. The van der Waals surface area contributed by atoms with Crippen LogP contribution in [0.25, 0.3) is 0 Å². The molecule has 0 radical (unpaired) electrons. The highest BCUT2D eigenvalue weighted by Crippen LogP contribution is 2.38. The van der Waals surface area contributed by atoms with Crippen molar-refractivity contribution in [2.75, 3.05) is 19.8 Å². The van der Waals surface area contributed by atoms with E-state index in [2.05, 4.69) is 4.89 Å². The van der Waals surface area contributed by atoms with Crippen LogP contribution in [0.2, 0.25) is 0 Å². The van der Waals surface area contributed by atoms with Crippen LogP contribution >= 0.6 is 0 Å². The zero-order chi connectivity index (χ0) is 14.3.